The second kappa shape index (κ2) is 9.07. The monoisotopic (exact) mass is 438 g/mol. The minimum Gasteiger partial charge on any atom is -0.484 e. The summed E-state index contributed by atoms with van der Waals surface area (Å²) in [5.41, 5.74) is 2.45. The number of ether oxygens (including phenoxy) is 1. The number of carbonyl (C=O) groups is 1. The molecule has 0 radical (unpaired) electrons. The van der Waals surface area contributed by atoms with Gasteiger partial charge in [0.15, 0.2) is 6.61 Å². The Bertz CT molecular complexity index is 1200. The van der Waals surface area contributed by atoms with E-state index in [4.69, 9.17) is 16.3 Å². The first-order valence-corrected chi connectivity index (χ1v) is 10.3. The summed E-state index contributed by atoms with van der Waals surface area (Å²) < 4.78 is 19.6. The van der Waals surface area contributed by atoms with E-state index < -0.39 is 0 Å². The predicted molar refractivity (Wildman–Crippen MR) is 119 cm³/mol. The molecule has 0 fully saturated rings. The lowest BCUT2D eigenvalue weighted by Gasteiger charge is -2.10. The molecule has 4 aromatic rings. The van der Waals surface area contributed by atoms with Crippen LogP contribution in [0.5, 0.6) is 5.75 Å². The Morgan fingerprint density at radius 1 is 1.03 bits per heavy atom. The van der Waals surface area contributed by atoms with Gasteiger partial charge in [0.2, 0.25) is 0 Å². The van der Waals surface area contributed by atoms with Crippen molar-refractivity contribution in [2.75, 3.05) is 11.9 Å². The molecule has 4 nitrogen and oxygen atoms in total. The van der Waals surface area contributed by atoms with E-state index in [0.29, 0.717) is 32.7 Å². The first-order valence-electron chi connectivity index (χ1n) is 9.08. The molecule has 0 unspecified atom stereocenters. The van der Waals surface area contributed by atoms with E-state index in [1.165, 1.54) is 17.4 Å². The summed E-state index contributed by atoms with van der Waals surface area (Å²) in [5, 5.41) is 5.80. The Kier molecular flexibility index (Phi) is 6.07. The Hall–Kier alpha value is -3.22. The highest BCUT2D eigenvalue weighted by atomic mass is 35.5. The molecule has 0 saturated heterocycles. The molecule has 0 aliphatic rings. The van der Waals surface area contributed by atoms with Crippen LogP contribution in [-0.4, -0.2) is 17.5 Å². The zero-order valence-electron chi connectivity index (χ0n) is 15.6. The van der Waals surface area contributed by atoms with Crippen molar-refractivity contribution in [2.24, 2.45) is 0 Å². The number of hydrogen-bond donors (Lipinski definition) is 1. The van der Waals surface area contributed by atoms with Crippen molar-refractivity contribution in [1.29, 1.82) is 0 Å². The largest absolute Gasteiger partial charge is 0.484 e. The number of nitrogens with zero attached hydrogens (tertiary/aromatic N) is 1. The smallest absolute Gasteiger partial charge is 0.262 e. The highest BCUT2D eigenvalue weighted by Crippen LogP contribution is 2.33. The molecule has 1 heterocycles. The number of nitrogens with one attached hydrogen (secondary N) is 1. The Labute approximate surface area is 181 Å². The van der Waals surface area contributed by atoms with Gasteiger partial charge in [-0.25, -0.2) is 9.37 Å². The molecule has 7 heteroatoms. The van der Waals surface area contributed by atoms with Crippen molar-refractivity contribution in [2.45, 2.75) is 0 Å². The van der Waals surface area contributed by atoms with Gasteiger partial charge in [0.05, 0.1) is 11.4 Å². The van der Waals surface area contributed by atoms with Gasteiger partial charge in [-0.2, -0.15) is 0 Å². The van der Waals surface area contributed by atoms with E-state index in [9.17, 15) is 9.18 Å². The van der Waals surface area contributed by atoms with E-state index in [-0.39, 0.29) is 18.3 Å². The van der Waals surface area contributed by atoms with Crippen molar-refractivity contribution in [3.8, 4) is 27.6 Å². The van der Waals surface area contributed by atoms with E-state index >= 15 is 0 Å². The van der Waals surface area contributed by atoms with Crippen molar-refractivity contribution in [3.63, 3.8) is 0 Å². The lowest BCUT2D eigenvalue weighted by atomic mass is 10.1. The molecule has 0 saturated carbocycles. The maximum Gasteiger partial charge on any atom is 0.262 e. The SMILES string of the molecule is O=C(COc1cccc(Cl)c1)Nc1ccccc1-c1csc(-c2ccccc2F)n1. The summed E-state index contributed by atoms with van der Waals surface area (Å²) >= 11 is 7.27. The summed E-state index contributed by atoms with van der Waals surface area (Å²) in [6.45, 7) is -0.160. The lowest BCUT2D eigenvalue weighted by Crippen LogP contribution is -2.20. The lowest BCUT2D eigenvalue weighted by molar-refractivity contribution is -0.118. The van der Waals surface area contributed by atoms with Gasteiger partial charge in [-0.1, -0.05) is 48.0 Å². The summed E-state index contributed by atoms with van der Waals surface area (Å²) in [7, 11) is 0. The average molecular weight is 439 g/mol. The van der Waals surface area contributed by atoms with Crippen molar-refractivity contribution < 1.29 is 13.9 Å². The molecule has 150 valence electrons. The maximum atomic E-state index is 14.1. The van der Waals surface area contributed by atoms with Crippen molar-refractivity contribution >= 4 is 34.5 Å². The van der Waals surface area contributed by atoms with Crippen LogP contribution >= 0.6 is 22.9 Å². The maximum absolute atomic E-state index is 14.1. The van der Waals surface area contributed by atoms with E-state index in [2.05, 4.69) is 10.3 Å². The van der Waals surface area contributed by atoms with Gasteiger partial charge in [0, 0.05) is 21.5 Å². The number of rotatable bonds is 6. The predicted octanol–water partition coefficient (Wildman–Crippen LogP) is 6.29. The number of benzene rings is 3. The third kappa shape index (κ3) is 4.67. The van der Waals surface area contributed by atoms with Crippen molar-refractivity contribution in [3.05, 3.63) is 89.0 Å². The number of thiazole rings is 1. The van der Waals surface area contributed by atoms with E-state index in [1.807, 2.05) is 23.6 Å². The molecule has 4 rings (SSSR count). The molecule has 30 heavy (non-hydrogen) atoms. The zero-order chi connectivity index (χ0) is 20.9. The summed E-state index contributed by atoms with van der Waals surface area (Å²) in [6.07, 6.45) is 0. The quantitative estimate of drug-likeness (QED) is 0.385. The molecule has 0 bridgehead atoms. The second-order valence-corrected chi connectivity index (χ2v) is 7.65. The van der Waals surface area contributed by atoms with Crippen LogP contribution in [0.15, 0.2) is 78.2 Å². The molecule has 0 aliphatic heterocycles. The van der Waals surface area contributed by atoms with Gasteiger partial charge < -0.3 is 10.1 Å². The van der Waals surface area contributed by atoms with Crippen LogP contribution in [0.1, 0.15) is 0 Å². The van der Waals surface area contributed by atoms with E-state index in [1.54, 1.807) is 48.5 Å². The topological polar surface area (TPSA) is 51.2 Å². The number of para-hydroxylation sites is 1. The molecule has 1 amide bonds. The van der Waals surface area contributed by atoms with Crippen LogP contribution in [0.2, 0.25) is 5.02 Å². The first kappa shape index (κ1) is 20.1. The number of aromatic nitrogens is 1. The third-order valence-electron chi connectivity index (χ3n) is 4.25. The number of halogens is 2. The average Bonchev–Trinajstić information content (AvgIpc) is 3.23. The minimum absolute atomic E-state index is 0.160. The fraction of sp³-hybridized carbons (Fsp3) is 0.0435. The van der Waals surface area contributed by atoms with Gasteiger partial charge in [0.25, 0.3) is 5.91 Å². The van der Waals surface area contributed by atoms with Crippen LogP contribution in [0.4, 0.5) is 10.1 Å². The summed E-state index contributed by atoms with van der Waals surface area (Å²) in [4.78, 5) is 17.0. The van der Waals surface area contributed by atoms with Crippen LogP contribution in [0.25, 0.3) is 21.8 Å². The fourth-order valence-electron chi connectivity index (χ4n) is 2.86. The van der Waals surface area contributed by atoms with Crippen LogP contribution in [0.3, 0.4) is 0 Å². The third-order valence-corrected chi connectivity index (χ3v) is 5.36. The van der Waals surface area contributed by atoms with Gasteiger partial charge >= 0.3 is 0 Å². The molecule has 1 aromatic heterocycles. The first-order chi connectivity index (χ1) is 14.6. The molecule has 3 aromatic carbocycles. The number of carbonyl (C=O) groups excluding carboxylic acids is 1. The van der Waals surface area contributed by atoms with Crippen molar-refractivity contribution in [1.82, 2.24) is 4.98 Å². The van der Waals surface area contributed by atoms with Crippen LogP contribution in [-0.2, 0) is 4.79 Å². The standard InChI is InChI=1S/C23H16ClFN2O2S/c24-15-6-5-7-16(12-15)29-13-22(28)26-20-11-4-2-9-18(20)21-14-30-23(27-21)17-8-1-3-10-19(17)25/h1-12,14H,13H2,(H,26,28). The Morgan fingerprint density at radius 3 is 2.60 bits per heavy atom. The molecule has 0 spiro atoms. The molecule has 0 atom stereocenters. The second-order valence-electron chi connectivity index (χ2n) is 6.36. The summed E-state index contributed by atoms with van der Waals surface area (Å²) in [5.74, 6) is -0.120. The van der Waals surface area contributed by atoms with Gasteiger partial charge in [0.1, 0.15) is 16.6 Å². The van der Waals surface area contributed by atoms with Gasteiger partial charge in [-0.15, -0.1) is 11.3 Å². The molecule has 1 N–H and O–H groups in total. The Morgan fingerprint density at radius 2 is 1.80 bits per heavy atom. The molecular weight excluding hydrogens is 423 g/mol. The fourth-order valence-corrected chi connectivity index (χ4v) is 3.89. The summed E-state index contributed by atoms with van der Waals surface area (Å²) in [6, 6.07) is 20.7. The minimum atomic E-state index is -0.321. The number of amides is 1. The highest BCUT2D eigenvalue weighted by Gasteiger charge is 2.14. The number of anilines is 1. The number of hydrogen-bond acceptors (Lipinski definition) is 4. The van der Waals surface area contributed by atoms with Gasteiger partial charge in [-0.3, -0.25) is 4.79 Å². The van der Waals surface area contributed by atoms with Crippen LogP contribution < -0.4 is 10.1 Å². The molecule has 0 aliphatic carbocycles. The van der Waals surface area contributed by atoms with E-state index in [0.717, 1.165) is 5.56 Å². The normalized spacial score (nSPS) is 10.6. The van der Waals surface area contributed by atoms with Crippen LogP contribution in [0, 0.1) is 5.82 Å². The zero-order valence-corrected chi connectivity index (χ0v) is 17.2. The van der Waals surface area contributed by atoms with Gasteiger partial charge in [-0.05, 0) is 36.4 Å². The highest BCUT2D eigenvalue weighted by molar-refractivity contribution is 7.13. The molecular formula is C23H16ClFN2O2S. The Balaban J connectivity index is 1.50.